The number of rotatable bonds is 4. The van der Waals surface area contributed by atoms with Crippen LogP contribution in [0.15, 0.2) is 21.8 Å². The first-order valence-electron chi connectivity index (χ1n) is 9.58. The van der Waals surface area contributed by atoms with Crippen molar-refractivity contribution < 1.29 is 22.7 Å². The van der Waals surface area contributed by atoms with Crippen molar-refractivity contribution in [3.8, 4) is 0 Å². The zero-order chi connectivity index (χ0) is 21.0. The molecular weight excluding hydrogens is 416 g/mol. The second kappa shape index (κ2) is 7.04. The average molecular weight is 439 g/mol. The summed E-state index contributed by atoms with van der Waals surface area (Å²) in [4.78, 5) is 12.6. The van der Waals surface area contributed by atoms with Crippen molar-refractivity contribution in [1.82, 2.24) is 4.72 Å². The van der Waals surface area contributed by atoms with Gasteiger partial charge in [0.05, 0.1) is 11.9 Å². The normalized spacial score (nSPS) is 15.9. The van der Waals surface area contributed by atoms with Crippen LogP contribution < -0.4 is 10.0 Å². The van der Waals surface area contributed by atoms with E-state index in [0.29, 0.717) is 11.3 Å². The summed E-state index contributed by atoms with van der Waals surface area (Å²) in [6.45, 7) is 3.02. The maximum absolute atomic E-state index is 12.6. The molecule has 2 aliphatic rings. The molecule has 29 heavy (non-hydrogen) atoms. The van der Waals surface area contributed by atoms with E-state index in [1.54, 1.807) is 0 Å². The van der Waals surface area contributed by atoms with Crippen molar-refractivity contribution in [2.75, 3.05) is 5.32 Å². The van der Waals surface area contributed by atoms with Gasteiger partial charge in [0.2, 0.25) is 5.09 Å². The summed E-state index contributed by atoms with van der Waals surface area (Å²) in [6, 6.07) is 0.351. The number of benzene rings is 1. The van der Waals surface area contributed by atoms with Gasteiger partial charge in [0.25, 0.3) is 10.0 Å². The molecule has 0 atom stereocenters. The van der Waals surface area contributed by atoms with Crippen molar-refractivity contribution >= 4 is 33.3 Å². The fourth-order valence-electron chi connectivity index (χ4n) is 4.13. The lowest BCUT2D eigenvalue weighted by atomic mass is 9.98. The maximum atomic E-state index is 12.6. The van der Waals surface area contributed by atoms with Gasteiger partial charge in [-0.1, -0.05) is 11.6 Å². The number of aliphatic hydroxyl groups is 1. The smallest absolute Gasteiger partial charge is 0.333 e. The lowest BCUT2D eigenvalue weighted by molar-refractivity contribution is 0.0779. The standard InChI is InChI=1S/C20H23ClN2O5S/c1-20(2,25)11-9-16(28-10-11)29(26,27)23-19(24)22-18-14-7-3-5-12(14)17(21)13-6-4-8-15(13)18/h9-10,25H,3-8H2,1-2H3,(H2,22,23,24). The van der Waals surface area contributed by atoms with Crippen LogP contribution >= 0.6 is 11.6 Å². The fourth-order valence-corrected chi connectivity index (χ4v) is 5.40. The lowest BCUT2D eigenvalue weighted by Crippen LogP contribution is -2.34. The molecule has 1 aromatic heterocycles. The number of halogens is 1. The Morgan fingerprint density at radius 1 is 1.10 bits per heavy atom. The van der Waals surface area contributed by atoms with Gasteiger partial charge >= 0.3 is 6.03 Å². The number of anilines is 1. The molecule has 0 saturated carbocycles. The average Bonchev–Trinajstić information content (AvgIpc) is 3.37. The molecule has 0 unspecified atom stereocenters. The molecule has 2 aromatic rings. The predicted molar refractivity (Wildman–Crippen MR) is 109 cm³/mol. The third-order valence-corrected chi connectivity index (χ3v) is 7.24. The van der Waals surface area contributed by atoms with Crippen LogP contribution in [0.3, 0.4) is 0 Å². The van der Waals surface area contributed by atoms with Gasteiger partial charge in [0.1, 0.15) is 0 Å². The van der Waals surface area contributed by atoms with Crippen molar-refractivity contribution in [2.45, 2.75) is 63.1 Å². The molecule has 0 radical (unpaired) electrons. The fraction of sp³-hybridized carbons (Fsp3) is 0.450. The second-order valence-electron chi connectivity index (χ2n) is 8.08. The minimum Gasteiger partial charge on any atom is -0.451 e. The Labute approximate surface area is 174 Å². The number of sulfonamides is 1. The van der Waals surface area contributed by atoms with Gasteiger partial charge in [-0.05, 0) is 74.6 Å². The Hall–Kier alpha value is -2.03. The molecule has 0 bridgehead atoms. The molecule has 0 saturated heterocycles. The van der Waals surface area contributed by atoms with Gasteiger partial charge in [-0.15, -0.1) is 0 Å². The molecule has 156 valence electrons. The first kappa shape index (κ1) is 20.3. The van der Waals surface area contributed by atoms with E-state index in [-0.39, 0.29) is 0 Å². The zero-order valence-corrected chi connectivity index (χ0v) is 17.8. The topological polar surface area (TPSA) is 109 Å². The number of fused-ring (bicyclic) bond motifs is 2. The van der Waals surface area contributed by atoms with Crippen molar-refractivity contribution in [1.29, 1.82) is 0 Å². The van der Waals surface area contributed by atoms with Crippen LogP contribution in [0.1, 0.15) is 54.5 Å². The monoisotopic (exact) mass is 438 g/mol. The Bertz CT molecular complexity index is 1060. The summed E-state index contributed by atoms with van der Waals surface area (Å²) in [5.41, 5.74) is 3.86. The Kier molecular flexibility index (Phi) is 4.91. The molecule has 0 spiro atoms. The van der Waals surface area contributed by atoms with Gasteiger partial charge in [-0.25, -0.2) is 9.52 Å². The third-order valence-electron chi connectivity index (χ3n) is 5.58. The van der Waals surface area contributed by atoms with E-state index in [0.717, 1.165) is 72.1 Å². The van der Waals surface area contributed by atoms with E-state index >= 15 is 0 Å². The van der Waals surface area contributed by atoms with Gasteiger partial charge in [0.15, 0.2) is 0 Å². The minimum absolute atomic E-state index is 0.298. The number of furan rings is 1. The predicted octanol–water partition coefficient (Wildman–Crippen LogP) is 3.65. The summed E-state index contributed by atoms with van der Waals surface area (Å²) >= 11 is 6.58. The highest BCUT2D eigenvalue weighted by atomic mass is 35.5. The summed E-state index contributed by atoms with van der Waals surface area (Å²) < 4.78 is 32.1. The van der Waals surface area contributed by atoms with E-state index in [2.05, 4.69) is 5.32 Å². The van der Waals surface area contributed by atoms with E-state index in [9.17, 15) is 18.3 Å². The van der Waals surface area contributed by atoms with Crippen molar-refractivity contribution in [2.24, 2.45) is 0 Å². The minimum atomic E-state index is -4.22. The first-order chi connectivity index (χ1) is 13.6. The van der Waals surface area contributed by atoms with Crippen LogP contribution in [0.2, 0.25) is 5.02 Å². The number of nitrogens with one attached hydrogen (secondary N) is 2. The molecule has 7 nitrogen and oxygen atoms in total. The molecule has 3 N–H and O–H groups in total. The Balaban J connectivity index is 1.59. The van der Waals surface area contributed by atoms with E-state index in [1.165, 1.54) is 19.9 Å². The highest BCUT2D eigenvalue weighted by Gasteiger charge is 2.30. The number of carbonyl (C=O) groups excluding carboxylic acids is 1. The first-order valence-corrected chi connectivity index (χ1v) is 11.4. The van der Waals surface area contributed by atoms with Crippen molar-refractivity contribution in [3.05, 3.63) is 45.2 Å². The number of amides is 2. The van der Waals surface area contributed by atoms with E-state index in [1.807, 2.05) is 4.72 Å². The van der Waals surface area contributed by atoms with Crippen LogP contribution in [-0.2, 0) is 41.3 Å². The van der Waals surface area contributed by atoms with Gasteiger partial charge in [-0.3, -0.25) is 0 Å². The summed E-state index contributed by atoms with van der Waals surface area (Å²) in [7, 11) is -4.22. The van der Waals surface area contributed by atoms with Crippen molar-refractivity contribution in [3.63, 3.8) is 0 Å². The Morgan fingerprint density at radius 2 is 1.66 bits per heavy atom. The lowest BCUT2D eigenvalue weighted by Gasteiger charge is -2.18. The highest BCUT2D eigenvalue weighted by molar-refractivity contribution is 7.89. The molecular formula is C20H23ClN2O5S. The van der Waals surface area contributed by atoms with Crippen LogP contribution in [0, 0.1) is 0 Å². The summed E-state index contributed by atoms with van der Waals surface area (Å²) in [5.74, 6) is 0. The van der Waals surface area contributed by atoms with Gasteiger partial charge in [-0.2, -0.15) is 8.42 Å². The van der Waals surface area contributed by atoms with E-state index in [4.69, 9.17) is 16.0 Å². The molecule has 1 aromatic carbocycles. The van der Waals surface area contributed by atoms with Gasteiger partial charge < -0.3 is 14.8 Å². The quantitative estimate of drug-likeness (QED) is 0.675. The highest BCUT2D eigenvalue weighted by Crippen LogP contribution is 2.44. The van der Waals surface area contributed by atoms with Crippen LogP contribution in [0.25, 0.3) is 0 Å². The number of urea groups is 1. The van der Waals surface area contributed by atoms with Crippen LogP contribution in [0.4, 0.5) is 10.5 Å². The summed E-state index contributed by atoms with van der Waals surface area (Å²) in [6.07, 6.45) is 6.41. The SMILES string of the molecule is CC(C)(O)c1coc(S(=O)(=O)NC(=O)Nc2c3c(c(Cl)c4c2CCC4)CCC3)c1. The molecule has 0 aliphatic heterocycles. The maximum Gasteiger partial charge on any atom is 0.333 e. The van der Waals surface area contributed by atoms with Crippen LogP contribution in [-0.4, -0.2) is 19.6 Å². The molecule has 0 fully saturated rings. The molecule has 4 rings (SSSR count). The number of hydrogen-bond acceptors (Lipinski definition) is 5. The summed E-state index contributed by atoms with van der Waals surface area (Å²) in [5, 5.41) is 13.1. The van der Waals surface area contributed by atoms with E-state index < -0.39 is 26.7 Å². The molecule has 1 heterocycles. The Morgan fingerprint density at radius 3 is 2.17 bits per heavy atom. The number of hydrogen-bond donors (Lipinski definition) is 3. The molecule has 2 aliphatic carbocycles. The second-order valence-corrected chi connectivity index (χ2v) is 10.1. The van der Waals surface area contributed by atoms with Gasteiger partial charge in [0, 0.05) is 22.3 Å². The largest absolute Gasteiger partial charge is 0.451 e. The van der Waals surface area contributed by atoms with Crippen LogP contribution in [0.5, 0.6) is 0 Å². The third kappa shape index (κ3) is 3.65. The zero-order valence-electron chi connectivity index (χ0n) is 16.3. The number of carbonyl (C=O) groups is 1. The molecule has 9 heteroatoms. The molecule has 2 amide bonds.